The summed E-state index contributed by atoms with van der Waals surface area (Å²) in [5.74, 6) is 2.52. The van der Waals surface area contributed by atoms with E-state index in [0.29, 0.717) is 41.4 Å². The summed E-state index contributed by atoms with van der Waals surface area (Å²) in [5, 5.41) is 12.6. The number of aryl methyl sites for hydroxylation is 2. The molecule has 0 spiro atoms. The van der Waals surface area contributed by atoms with Gasteiger partial charge in [0, 0.05) is 18.7 Å². The van der Waals surface area contributed by atoms with E-state index in [2.05, 4.69) is 15.5 Å². The number of hydrogen-bond acceptors (Lipinski definition) is 8. The van der Waals surface area contributed by atoms with Gasteiger partial charge in [-0.05, 0) is 88.0 Å². The molecule has 0 amide bonds. The number of methoxy groups -OCH3 is 3. The van der Waals surface area contributed by atoms with Crippen LogP contribution in [0, 0.1) is 6.92 Å². The SMILES string of the molecule is CCc1ccc(C)c(S(=O)(=O)N(Cc2ccc(OC)cc2)Cc2ccc(OC)cc2)c1-c1nnnn1Cc1ccc(OC)cc1. The molecule has 0 aliphatic rings. The number of benzene rings is 4. The number of sulfonamides is 1. The van der Waals surface area contributed by atoms with Crippen molar-refractivity contribution in [3.8, 4) is 28.6 Å². The van der Waals surface area contributed by atoms with Crippen LogP contribution < -0.4 is 14.2 Å². The average Bonchev–Trinajstić information content (AvgIpc) is 3.52. The zero-order valence-electron chi connectivity index (χ0n) is 26.1. The van der Waals surface area contributed by atoms with Crippen LogP contribution in [0.2, 0.25) is 0 Å². The molecule has 0 bridgehead atoms. The topological polar surface area (TPSA) is 109 Å². The quantitative estimate of drug-likeness (QED) is 0.164. The molecular weight excluding hydrogens is 590 g/mol. The Hall–Kier alpha value is -4.74. The predicted molar refractivity (Wildman–Crippen MR) is 172 cm³/mol. The van der Waals surface area contributed by atoms with Gasteiger partial charge in [0.05, 0.1) is 32.8 Å². The summed E-state index contributed by atoms with van der Waals surface area (Å²) in [6.45, 7) is 4.44. The molecule has 234 valence electrons. The van der Waals surface area contributed by atoms with E-state index in [0.717, 1.165) is 28.0 Å². The lowest BCUT2D eigenvalue weighted by molar-refractivity contribution is 0.397. The van der Waals surface area contributed by atoms with Crippen LogP contribution in [0.3, 0.4) is 0 Å². The number of aromatic nitrogens is 4. The zero-order valence-corrected chi connectivity index (χ0v) is 26.9. The van der Waals surface area contributed by atoms with Crippen LogP contribution in [0.5, 0.6) is 17.2 Å². The molecule has 5 rings (SSSR count). The highest BCUT2D eigenvalue weighted by Gasteiger charge is 2.33. The summed E-state index contributed by atoms with van der Waals surface area (Å²) < 4.78 is 48.9. The van der Waals surface area contributed by atoms with Gasteiger partial charge in [-0.3, -0.25) is 0 Å². The highest BCUT2D eigenvalue weighted by atomic mass is 32.2. The number of hydrogen-bond donors (Lipinski definition) is 0. The summed E-state index contributed by atoms with van der Waals surface area (Å²) in [7, 11) is 0.716. The monoisotopic (exact) mass is 627 g/mol. The number of nitrogens with zero attached hydrogens (tertiary/aromatic N) is 5. The summed E-state index contributed by atoms with van der Waals surface area (Å²) in [5.41, 5.74) is 4.53. The summed E-state index contributed by atoms with van der Waals surface area (Å²) in [6, 6.07) is 26.2. The maximum Gasteiger partial charge on any atom is 0.244 e. The van der Waals surface area contributed by atoms with Gasteiger partial charge < -0.3 is 14.2 Å². The lowest BCUT2D eigenvalue weighted by atomic mass is 10.0. The molecule has 0 saturated heterocycles. The molecule has 1 heterocycles. The van der Waals surface area contributed by atoms with Crippen LogP contribution in [0.1, 0.15) is 34.7 Å². The van der Waals surface area contributed by atoms with Crippen molar-refractivity contribution in [2.24, 2.45) is 0 Å². The Morgan fingerprint density at radius 3 is 1.67 bits per heavy atom. The van der Waals surface area contributed by atoms with Crippen molar-refractivity contribution in [3.05, 3.63) is 113 Å². The van der Waals surface area contributed by atoms with Gasteiger partial charge in [0.25, 0.3) is 0 Å². The molecule has 5 aromatic rings. The van der Waals surface area contributed by atoms with E-state index < -0.39 is 10.0 Å². The fourth-order valence-corrected chi connectivity index (χ4v) is 7.07. The largest absolute Gasteiger partial charge is 0.497 e. The number of tetrazole rings is 1. The minimum absolute atomic E-state index is 0.143. The Balaban J connectivity index is 1.62. The van der Waals surface area contributed by atoms with Crippen LogP contribution in [0.4, 0.5) is 0 Å². The fourth-order valence-electron chi connectivity index (χ4n) is 5.22. The second-order valence-electron chi connectivity index (χ2n) is 10.6. The first kappa shape index (κ1) is 31.7. The van der Waals surface area contributed by atoms with Gasteiger partial charge in [0.15, 0.2) is 5.82 Å². The van der Waals surface area contributed by atoms with E-state index in [1.54, 1.807) is 26.0 Å². The van der Waals surface area contributed by atoms with Gasteiger partial charge in [-0.15, -0.1) is 5.10 Å². The Labute approximate surface area is 264 Å². The van der Waals surface area contributed by atoms with Crippen molar-refractivity contribution in [2.75, 3.05) is 21.3 Å². The molecule has 11 heteroatoms. The second kappa shape index (κ2) is 13.9. The second-order valence-corrected chi connectivity index (χ2v) is 12.5. The number of ether oxygens (including phenoxy) is 3. The maximum atomic E-state index is 14.9. The van der Waals surface area contributed by atoms with E-state index in [4.69, 9.17) is 14.2 Å². The lowest BCUT2D eigenvalue weighted by Crippen LogP contribution is -2.31. The van der Waals surface area contributed by atoms with Gasteiger partial charge in [-0.2, -0.15) is 4.31 Å². The van der Waals surface area contributed by atoms with E-state index in [-0.39, 0.29) is 18.0 Å². The van der Waals surface area contributed by atoms with E-state index in [1.807, 2.05) is 98.8 Å². The van der Waals surface area contributed by atoms with Crippen LogP contribution in [-0.2, 0) is 36.1 Å². The van der Waals surface area contributed by atoms with Crippen LogP contribution in [0.25, 0.3) is 11.4 Å². The summed E-state index contributed by atoms with van der Waals surface area (Å²) >= 11 is 0. The summed E-state index contributed by atoms with van der Waals surface area (Å²) in [6.07, 6.45) is 0.588. The minimum atomic E-state index is -4.10. The molecule has 0 saturated carbocycles. The number of rotatable bonds is 13. The first-order valence-corrected chi connectivity index (χ1v) is 16.0. The maximum absolute atomic E-state index is 14.9. The summed E-state index contributed by atoms with van der Waals surface area (Å²) in [4.78, 5) is 0.189. The van der Waals surface area contributed by atoms with Crippen molar-refractivity contribution < 1.29 is 22.6 Å². The minimum Gasteiger partial charge on any atom is -0.497 e. The normalized spacial score (nSPS) is 11.5. The molecule has 0 unspecified atom stereocenters. The molecule has 0 radical (unpaired) electrons. The Morgan fingerprint density at radius 1 is 0.711 bits per heavy atom. The molecule has 0 N–H and O–H groups in total. The average molecular weight is 628 g/mol. The molecule has 4 aromatic carbocycles. The predicted octanol–water partition coefficient (Wildman–Crippen LogP) is 5.68. The Morgan fingerprint density at radius 2 is 1.20 bits per heavy atom. The molecular formula is C34H37N5O5S. The third kappa shape index (κ3) is 7.00. The smallest absolute Gasteiger partial charge is 0.244 e. The van der Waals surface area contributed by atoms with Crippen LogP contribution in [0.15, 0.2) is 89.8 Å². The van der Waals surface area contributed by atoms with Crippen LogP contribution >= 0.6 is 0 Å². The van der Waals surface area contributed by atoms with Crippen molar-refractivity contribution in [1.29, 1.82) is 0 Å². The van der Waals surface area contributed by atoms with Crippen LogP contribution in [-0.4, -0.2) is 54.3 Å². The van der Waals surface area contributed by atoms with E-state index >= 15 is 0 Å². The zero-order chi connectivity index (χ0) is 32.0. The van der Waals surface area contributed by atoms with E-state index in [1.165, 1.54) is 4.31 Å². The lowest BCUT2D eigenvalue weighted by Gasteiger charge is -2.26. The molecule has 0 aliphatic carbocycles. The third-order valence-electron chi connectivity index (χ3n) is 7.70. The fraction of sp³-hybridized carbons (Fsp3) is 0.265. The Kier molecular flexibility index (Phi) is 9.80. The highest BCUT2D eigenvalue weighted by molar-refractivity contribution is 7.89. The van der Waals surface area contributed by atoms with Crippen molar-refractivity contribution >= 4 is 10.0 Å². The van der Waals surface area contributed by atoms with Crippen molar-refractivity contribution in [1.82, 2.24) is 24.5 Å². The third-order valence-corrected chi connectivity index (χ3v) is 9.68. The molecule has 0 aliphatic heterocycles. The van der Waals surface area contributed by atoms with Gasteiger partial charge in [-0.25, -0.2) is 13.1 Å². The van der Waals surface area contributed by atoms with Crippen molar-refractivity contribution in [2.45, 2.75) is 44.8 Å². The molecule has 45 heavy (non-hydrogen) atoms. The van der Waals surface area contributed by atoms with Gasteiger partial charge in [-0.1, -0.05) is 55.5 Å². The van der Waals surface area contributed by atoms with Crippen molar-refractivity contribution in [3.63, 3.8) is 0 Å². The van der Waals surface area contributed by atoms with E-state index in [9.17, 15) is 8.42 Å². The first-order valence-electron chi connectivity index (χ1n) is 14.5. The van der Waals surface area contributed by atoms with Gasteiger partial charge in [0.2, 0.25) is 10.0 Å². The molecule has 10 nitrogen and oxygen atoms in total. The van der Waals surface area contributed by atoms with Gasteiger partial charge >= 0.3 is 0 Å². The first-order chi connectivity index (χ1) is 21.8. The molecule has 0 fully saturated rings. The molecule has 0 atom stereocenters. The highest BCUT2D eigenvalue weighted by Crippen LogP contribution is 2.36. The standard InChI is InChI=1S/C34H37N5O5S/c1-6-28-14-7-24(2)33(32(28)34-35-36-37-39(34)23-27-12-19-31(44-5)20-13-27)45(40,41)38(21-25-8-15-29(42-3)16-9-25)22-26-10-17-30(43-4)18-11-26/h7-20H,6,21-23H2,1-5H3. The van der Waals surface area contributed by atoms with Gasteiger partial charge in [0.1, 0.15) is 17.2 Å². The Bertz CT molecular complexity index is 1790. The molecule has 1 aromatic heterocycles.